The molecule has 248 valence electrons. The molecule has 0 amide bonds. The number of benzene rings is 3. The minimum atomic E-state index is -1.87. The van der Waals surface area contributed by atoms with E-state index in [0.29, 0.717) is 0 Å². The topological polar surface area (TPSA) is 18.5 Å². The summed E-state index contributed by atoms with van der Waals surface area (Å²) < 4.78 is 13.9. The van der Waals surface area contributed by atoms with Crippen LogP contribution in [0.4, 0.5) is 0 Å². The third-order valence-corrected chi connectivity index (χ3v) is 10.0. The summed E-state index contributed by atoms with van der Waals surface area (Å²) in [4.78, 5) is 0. The maximum atomic E-state index is 6.94. The third kappa shape index (κ3) is 9.14. The molecule has 0 fully saturated rings. The smallest absolute Gasteiger partial charge is 0.242 e. The molecule has 0 saturated carbocycles. The lowest BCUT2D eigenvalue weighted by Crippen LogP contribution is -2.33. The Labute approximate surface area is 281 Å². The second-order valence-electron chi connectivity index (χ2n) is 19.0. The lowest BCUT2D eigenvalue weighted by atomic mass is 9.76. The molecule has 0 aliphatic rings. The minimum Gasteiger partial charge on any atom is -0.544 e. The molecule has 1 atom stereocenters. The van der Waals surface area contributed by atoms with Crippen LogP contribution in [0.1, 0.15) is 105 Å². The van der Waals surface area contributed by atoms with E-state index < -0.39 is 16.6 Å². The molecule has 0 saturated heterocycles. The van der Waals surface area contributed by atoms with E-state index in [-0.39, 0.29) is 21.7 Å². The van der Waals surface area contributed by atoms with Gasteiger partial charge in [0.2, 0.25) is 16.6 Å². The first-order valence-corrected chi connectivity index (χ1v) is 24.1. The van der Waals surface area contributed by atoms with Gasteiger partial charge in [-0.1, -0.05) is 101 Å². The highest BCUT2D eigenvalue weighted by Crippen LogP contribution is 2.48. The Kier molecular flexibility index (Phi) is 10.3. The Morgan fingerprint density at radius 2 is 0.800 bits per heavy atom. The van der Waals surface area contributed by atoms with Crippen LogP contribution in [0.25, 0.3) is 22.3 Å². The number of hydrogen-bond acceptors (Lipinski definition) is 2. The monoisotopic (exact) mass is 662 g/mol. The van der Waals surface area contributed by atoms with Gasteiger partial charge < -0.3 is 8.85 Å². The van der Waals surface area contributed by atoms with Gasteiger partial charge in [-0.05, 0) is 135 Å². The Balaban J connectivity index is 2.53. The van der Waals surface area contributed by atoms with Crippen LogP contribution in [0.15, 0.2) is 42.5 Å². The van der Waals surface area contributed by atoms with E-state index in [9.17, 15) is 0 Å². The highest BCUT2D eigenvalue weighted by molar-refractivity contribution is 7.28. The van der Waals surface area contributed by atoms with E-state index in [0.717, 1.165) is 11.5 Å². The fourth-order valence-corrected chi connectivity index (χ4v) is 7.85. The fraction of sp³-hybridized carbons (Fsp3) is 0.550. The van der Waals surface area contributed by atoms with E-state index in [4.69, 9.17) is 8.85 Å². The standard InChI is InChI=1S/C40H63O2PSi2/c1-37(2,3)29-22-26(23-30(38(4,5)6)35(29)41-44(13,14)15)28-20-19-21-33(43)34(28)27-24-31(39(7,8)9)36(42-45(16,17)18)32(25-27)40(10,11)12/h19-25H,43H2,1-18H3. The van der Waals surface area contributed by atoms with Crippen molar-refractivity contribution in [2.75, 3.05) is 0 Å². The van der Waals surface area contributed by atoms with Crippen molar-refractivity contribution in [3.8, 4) is 33.8 Å². The van der Waals surface area contributed by atoms with Gasteiger partial charge in [-0.2, -0.15) is 0 Å². The molecule has 1 unspecified atom stereocenters. The van der Waals surface area contributed by atoms with Crippen molar-refractivity contribution in [1.82, 2.24) is 0 Å². The highest BCUT2D eigenvalue weighted by Gasteiger charge is 2.34. The first kappa shape index (κ1) is 37.6. The molecule has 5 heteroatoms. The lowest BCUT2D eigenvalue weighted by Gasteiger charge is -2.35. The van der Waals surface area contributed by atoms with E-state index >= 15 is 0 Å². The van der Waals surface area contributed by atoms with Crippen LogP contribution >= 0.6 is 9.24 Å². The van der Waals surface area contributed by atoms with Gasteiger partial charge in [0.15, 0.2) is 0 Å². The summed E-state index contributed by atoms with van der Waals surface area (Å²) in [6.45, 7) is 41.4. The average molecular weight is 663 g/mol. The molecule has 0 heterocycles. The predicted molar refractivity (Wildman–Crippen MR) is 209 cm³/mol. The summed E-state index contributed by atoms with van der Waals surface area (Å²) in [5.41, 5.74) is 9.74. The van der Waals surface area contributed by atoms with Crippen molar-refractivity contribution >= 4 is 31.2 Å². The van der Waals surface area contributed by atoms with E-state index in [1.165, 1.54) is 49.8 Å². The molecule has 45 heavy (non-hydrogen) atoms. The van der Waals surface area contributed by atoms with Crippen molar-refractivity contribution < 1.29 is 8.85 Å². The Morgan fingerprint density at radius 3 is 1.09 bits per heavy atom. The molecule has 0 radical (unpaired) electrons. The fourth-order valence-electron chi connectivity index (χ4n) is 5.75. The second kappa shape index (κ2) is 12.3. The summed E-state index contributed by atoms with van der Waals surface area (Å²) in [6, 6.07) is 16.4. The molecule has 0 aliphatic heterocycles. The normalized spacial score (nSPS) is 13.7. The largest absolute Gasteiger partial charge is 0.544 e. The van der Waals surface area contributed by atoms with Gasteiger partial charge in [-0.15, -0.1) is 9.24 Å². The van der Waals surface area contributed by atoms with Crippen molar-refractivity contribution in [3.05, 3.63) is 64.7 Å². The van der Waals surface area contributed by atoms with Crippen LogP contribution < -0.4 is 14.2 Å². The van der Waals surface area contributed by atoms with E-state index in [1.807, 2.05) is 0 Å². The quantitative estimate of drug-likeness (QED) is 0.193. The lowest BCUT2D eigenvalue weighted by molar-refractivity contribution is 0.477. The van der Waals surface area contributed by atoms with Crippen LogP contribution in [0.5, 0.6) is 11.5 Å². The summed E-state index contributed by atoms with van der Waals surface area (Å²) >= 11 is 0. The maximum Gasteiger partial charge on any atom is 0.242 e. The first-order valence-electron chi connectivity index (χ1n) is 16.7. The number of hydrogen-bond donors (Lipinski definition) is 0. The highest BCUT2D eigenvalue weighted by atomic mass is 31.0. The summed E-state index contributed by atoms with van der Waals surface area (Å²) in [5, 5.41) is 1.20. The maximum absolute atomic E-state index is 6.94. The van der Waals surface area contributed by atoms with Crippen LogP contribution in [0.3, 0.4) is 0 Å². The van der Waals surface area contributed by atoms with Gasteiger partial charge in [-0.3, -0.25) is 0 Å². The molecule has 2 nitrogen and oxygen atoms in total. The zero-order chi connectivity index (χ0) is 34.7. The van der Waals surface area contributed by atoms with Crippen molar-refractivity contribution in [3.63, 3.8) is 0 Å². The molecule has 3 rings (SSSR count). The Morgan fingerprint density at radius 1 is 0.489 bits per heavy atom. The van der Waals surface area contributed by atoms with Crippen molar-refractivity contribution in [2.45, 2.75) is 144 Å². The molecule has 3 aromatic carbocycles. The van der Waals surface area contributed by atoms with Crippen LogP contribution in [0.2, 0.25) is 39.3 Å². The molecule has 0 spiro atoms. The Hall–Kier alpha value is -1.88. The van der Waals surface area contributed by atoms with Gasteiger partial charge >= 0.3 is 0 Å². The van der Waals surface area contributed by atoms with Gasteiger partial charge in [0.05, 0.1) is 0 Å². The van der Waals surface area contributed by atoms with Crippen molar-refractivity contribution in [1.29, 1.82) is 0 Å². The molecule has 0 N–H and O–H groups in total. The summed E-state index contributed by atoms with van der Waals surface area (Å²) in [5.74, 6) is 2.16. The van der Waals surface area contributed by atoms with Gasteiger partial charge in [0.1, 0.15) is 11.5 Å². The van der Waals surface area contributed by atoms with Gasteiger partial charge in [0, 0.05) is 0 Å². The van der Waals surface area contributed by atoms with Crippen molar-refractivity contribution in [2.24, 2.45) is 0 Å². The van der Waals surface area contributed by atoms with Gasteiger partial charge in [0.25, 0.3) is 0 Å². The SMILES string of the molecule is CC(C)(C)c1cc(-c2cccc(P)c2-c2cc(C(C)(C)C)c(O[Si](C)(C)C)c(C(C)(C)C)c2)cc(C(C)(C)C)c1O[Si](C)(C)C. The summed E-state index contributed by atoms with van der Waals surface area (Å²) in [7, 11) is -0.700. The van der Waals surface area contributed by atoms with E-state index in [2.05, 4.69) is 174 Å². The molecule has 0 aliphatic carbocycles. The second-order valence-corrected chi connectivity index (χ2v) is 28.5. The van der Waals surface area contributed by atoms with Crippen LogP contribution in [-0.4, -0.2) is 16.6 Å². The summed E-state index contributed by atoms with van der Waals surface area (Å²) in [6.07, 6.45) is 0. The van der Waals surface area contributed by atoms with Crippen LogP contribution in [0, 0.1) is 0 Å². The van der Waals surface area contributed by atoms with Crippen LogP contribution in [-0.2, 0) is 21.7 Å². The zero-order valence-electron chi connectivity index (χ0n) is 31.9. The first-order chi connectivity index (χ1) is 20.0. The van der Waals surface area contributed by atoms with E-state index in [1.54, 1.807) is 0 Å². The molecular weight excluding hydrogens is 600 g/mol. The minimum absolute atomic E-state index is 0.0849. The predicted octanol–water partition coefficient (Wildman–Crippen LogP) is 12.1. The number of rotatable bonds is 6. The molecule has 0 aromatic heterocycles. The third-order valence-electron chi connectivity index (χ3n) is 7.92. The molecular formula is C40H63O2PSi2. The van der Waals surface area contributed by atoms with Gasteiger partial charge in [-0.25, -0.2) is 0 Å². The molecule has 3 aromatic rings. The average Bonchev–Trinajstić information content (AvgIpc) is 2.79. The zero-order valence-corrected chi connectivity index (χ0v) is 35.1. The Bertz CT molecular complexity index is 1470. The molecule has 0 bridgehead atoms.